The van der Waals surface area contributed by atoms with Crippen molar-refractivity contribution in [2.45, 2.75) is 9.24 Å². The van der Waals surface area contributed by atoms with E-state index in [4.69, 9.17) is 5.73 Å². The van der Waals surface area contributed by atoms with Crippen LogP contribution in [0.25, 0.3) is 10.9 Å². The Morgan fingerprint density at radius 1 is 1.28 bits per heavy atom. The smallest absolute Gasteiger partial charge is 0.154 e. The Balaban J connectivity index is 2.15. The average molecular weight is 338 g/mol. The third kappa shape index (κ3) is 2.23. The molecule has 2 aromatic heterocycles. The molecule has 90 valence electrons. The van der Waals surface area contributed by atoms with Gasteiger partial charge in [-0.1, -0.05) is 11.8 Å². The van der Waals surface area contributed by atoms with Crippen molar-refractivity contribution in [3.63, 3.8) is 0 Å². The largest absolute Gasteiger partial charge is 0.398 e. The van der Waals surface area contributed by atoms with Gasteiger partial charge < -0.3 is 5.73 Å². The molecule has 2 N–H and O–H groups in total. The van der Waals surface area contributed by atoms with E-state index < -0.39 is 0 Å². The van der Waals surface area contributed by atoms with Gasteiger partial charge in [0.25, 0.3) is 0 Å². The summed E-state index contributed by atoms with van der Waals surface area (Å²) in [4.78, 5) is 9.79. The summed E-state index contributed by atoms with van der Waals surface area (Å²) >= 11 is 6.65. The molecule has 0 aliphatic heterocycles. The molecule has 0 aliphatic rings. The first-order valence-electron chi connectivity index (χ1n) is 5.15. The number of nitrogens with zero attached hydrogens (tertiary/aromatic N) is 2. The molecule has 0 aliphatic carbocycles. The molecule has 2 heterocycles. The molecular formula is C12H8BrN3S2. The topological polar surface area (TPSA) is 51.8 Å². The van der Waals surface area contributed by atoms with Gasteiger partial charge in [0.2, 0.25) is 0 Å². The fourth-order valence-electron chi connectivity index (χ4n) is 1.63. The van der Waals surface area contributed by atoms with Crippen LogP contribution in [0.2, 0.25) is 0 Å². The lowest BCUT2D eigenvalue weighted by Crippen LogP contribution is -1.90. The Hall–Kier alpha value is -1.11. The SMILES string of the molecule is Nc1ccc(Sc2nccs2)c2ncc(Br)cc12. The zero-order valence-corrected chi connectivity index (χ0v) is 12.3. The van der Waals surface area contributed by atoms with Gasteiger partial charge in [-0.15, -0.1) is 11.3 Å². The molecule has 0 saturated heterocycles. The van der Waals surface area contributed by atoms with Crippen molar-refractivity contribution in [3.05, 3.63) is 40.4 Å². The molecule has 1 aromatic carbocycles. The van der Waals surface area contributed by atoms with Gasteiger partial charge in [-0.25, -0.2) is 4.98 Å². The molecular weight excluding hydrogens is 330 g/mol. The van der Waals surface area contributed by atoms with Crippen molar-refractivity contribution in [1.29, 1.82) is 0 Å². The Labute approximate surface area is 121 Å². The Morgan fingerprint density at radius 3 is 2.94 bits per heavy atom. The van der Waals surface area contributed by atoms with Crippen molar-refractivity contribution in [3.8, 4) is 0 Å². The summed E-state index contributed by atoms with van der Waals surface area (Å²) in [5.74, 6) is 0. The van der Waals surface area contributed by atoms with Gasteiger partial charge in [0.1, 0.15) is 0 Å². The fourth-order valence-corrected chi connectivity index (χ4v) is 3.64. The number of rotatable bonds is 2. The molecule has 6 heteroatoms. The molecule has 0 spiro atoms. The lowest BCUT2D eigenvalue weighted by molar-refractivity contribution is 1.24. The van der Waals surface area contributed by atoms with E-state index in [2.05, 4.69) is 25.9 Å². The average Bonchev–Trinajstić information content (AvgIpc) is 2.86. The van der Waals surface area contributed by atoms with Crippen LogP contribution in [0.5, 0.6) is 0 Å². The number of pyridine rings is 1. The van der Waals surface area contributed by atoms with Crippen molar-refractivity contribution in [1.82, 2.24) is 9.97 Å². The summed E-state index contributed by atoms with van der Waals surface area (Å²) in [5.41, 5.74) is 7.64. The number of thiazole rings is 1. The number of aromatic nitrogens is 2. The van der Waals surface area contributed by atoms with Crippen LogP contribution in [0.4, 0.5) is 5.69 Å². The van der Waals surface area contributed by atoms with Crippen LogP contribution in [0.1, 0.15) is 0 Å². The van der Waals surface area contributed by atoms with Gasteiger partial charge in [0.05, 0.1) is 5.52 Å². The number of halogens is 1. The van der Waals surface area contributed by atoms with Crippen LogP contribution in [-0.4, -0.2) is 9.97 Å². The van der Waals surface area contributed by atoms with Gasteiger partial charge in [-0.05, 0) is 34.1 Å². The van der Waals surface area contributed by atoms with Crippen LogP contribution >= 0.6 is 39.0 Å². The third-order valence-corrected chi connectivity index (χ3v) is 4.79. The summed E-state index contributed by atoms with van der Waals surface area (Å²) in [6.45, 7) is 0. The number of nitrogens with two attached hydrogens (primary N) is 1. The fraction of sp³-hybridized carbons (Fsp3) is 0. The second-order valence-corrected chi connectivity index (χ2v) is 6.70. The highest BCUT2D eigenvalue weighted by Gasteiger charge is 2.09. The first-order valence-corrected chi connectivity index (χ1v) is 7.64. The van der Waals surface area contributed by atoms with E-state index >= 15 is 0 Å². The first kappa shape index (κ1) is 12.0. The van der Waals surface area contributed by atoms with Crippen molar-refractivity contribution >= 4 is 55.6 Å². The van der Waals surface area contributed by atoms with Crippen LogP contribution in [0, 0.1) is 0 Å². The Morgan fingerprint density at radius 2 is 2.17 bits per heavy atom. The summed E-state index contributed by atoms with van der Waals surface area (Å²) in [6.07, 6.45) is 3.59. The Kier molecular flexibility index (Phi) is 3.23. The molecule has 18 heavy (non-hydrogen) atoms. The molecule has 3 nitrogen and oxygen atoms in total. The number of fused-ring (bicyclic) bond motifs is 1. The normalized spacial score (nSPS) is 10.9. The summed E-state index contributed by atoms with van der Waals surface area (Å²) < 4.78 is 1.93. The molecule has 0 amide bonds. The molecule has 3 rings (SSSR count). The van der Waals surface area contributed by atoms with Gasteiger partial charge >= 0.3 is 0 Å². The van der Waals surface area contributed by atoms with Crippen molar-refractivity contribution < 1.29 is 0 Å². The minimum atomic E-state index is 0.738. The zero-order valence-electron chi connectivity index (χ0n) is 9.13. The van der Waals surface area contributed by atoms with E-state index in [9.17, 15) is 0 Å². The summed E-state index contributed by atoms with van der Waals surface area (Å²) in [7, 11) is 0. The lowest BCUT2D eigenvalue weighted by Gasteiger charge is -2.06. The van der Waals surface area contributed by atoms with Crippen molar-refractivity contribution in [2.24, 2.45) is 0 Å². The predicted octanol–water partition coefficient (Wildman–Crippen LogP) is 4.19. The lowest BCUT2D eigenvalue weighted by atomic mass is 10.2. The molecule has 0 unspecified atom stereocenters. The van der Waals surface area contributed by atoms with E-state index in [0.29, 0.717) is 0 Å². The Bertz CT molecular complexity index is 698. The van der Waals surface area contributed by atoms with Gasteiger partial charge in [-0.3, -0.25) is 4.98 Å². The highest BCUT2D eigenvalue weighted by atomic mass is 79.9. The number of hydrogen-bond donors (Lipinski definition) is 1. The summed E-state index contributed by atoms with van der Waals surface area (Å²) in [5, 5.41) is 2.93. The molecule has 0 fully saturated rings. The molecule has 0 atom stereocenters. The van der Waals surface area contributed by atoms with E-state index in [1.807, 2.05) is 23.6 Å². The summed E-state index contributed by atoms with van der Waals surface area (Å²) in [6, 6.07) is 5.89. The highest BCUT2D eigenvalue weighted by Crippen LogP contribution is 2.36. The van der Waals surface area contributed by atoms with E-state index in [1.54, 1.807) is 35.5 Å². The predicted molar refractivity (Wildman–Crippen MR) is 80.1 cm³/mol. The minimum Gasteiger partial charge on any atom is -0.398 e. The first-order chi connectivity index (χ1) is 8.74. The van der Waals surface area contributed by atoms with Crippen LogP contribution in [0.3, 0.4) is 0 Å². The number of nitrogen functional groups attached to an aromatic ring is 1. The van der Waals surface area contributed by atoms with E-state index in [1.165, 1.54) is 0 Å². The van der Waals surface area contributed by atoms with Gasteiger partial charge in [0, 0.05) is 38.2 Å². The minimum absolute atomic E-state index is 0.738. The number of benzene rings is 1. The van der Waals surface area contributed by atoms with E-state index in [-0.39, 0.29) is 0 Å². The van der Waals surface area contributed by atoms with Crippen LogP contribution < -0.4 is 5.73 Å². The number of hydrogen-bond acceptors (Lipinski definition) is 5. The maximum Gasteiger partial charge on any atom is 0.154 e. The molecule has 0 saturated carbocycles. The highest BCUT2D eigenvalue weighted by molar-refractivity contribution is 9.10. The second-order valence-electron chi connectivity index (χ2n) is 3.60. The monoisotopic (exact) mass is 337 g/mol. The van der Waals surface area contributed by atoms with E-state index in [0.717, 1.165) is 30.3 Å². The maximum atomic E-state index is 5.98. The van der Waals surface area contributed by atoms with Gasteiger partial charge in [-0.2, -0.15) is 0 Å². The van der Waals surface area contributed by atoms with Gasteiger partial charge in [0.15, 0.2) is 4.34 Å². The number of anilines is 1. The standard InChI is InChI=1S/C12H8BrN3S2/c13-7-5-8-9(14)1-2-10(11(8)16-6-7)18-12-15-3-4-17-12/h1-6H,14H2. The zero-order chi connectivity index (χ0) is 12.5. The second kappa shape index (κ2) is 4.87. The maximum absolute atomic E-state index is 5.98. The molecule has 0 radical (unpaired) electrons. The van der Waals surface area contributed by atoms with Crippen molar-refractivity contribution in [2.75, 3.05) is 5.73 Å². The third-order valence-electron chi connectivity index (χ3n) is 2.42. The quantitative estimate of drug-likeness (QED) is 0.712. The molecule has 0 bridgehead atoms. The molecule has 3 aromatic rings. The van der Waals surface area contributed by atoms with Crippen LogP contribution in [0.15, 0.2) is 49.7 Å². The van der Waals surface area contributed by atoms with Crippen LogP contribution in [-0.2, 0) is 0 Å².